The Hall–Kier alpha value is -1.29. The first-order chi connectivity index (χ1) is 8.88. The van der Waals surface area contributed by atoms with Gasteiger partial charge in [-0.1, -0.05) is 6.42 Å². The van der Waals surface area contributed by atoms with E-state index in [2.05, 4.69) is 15.4 Å². The molecule has 1 aliphatic rings. The molecule has 1 aliphatic carbocycles. The van der Waals surface area contributed by atoms with Gasteiger partial charge in [-0.2, -0.15) is 5.10 Å². The average Bonchev–Trinajstić information content (AvgIpc) is 3.04. The van der Waals surface area contributed by atoms with Crippen molar-refractivity contribution in [3.05, 3.63) is 24.7 Å². The van der Waals surface area contributed by atoms with Crippen LogP contribution >= 0.6 is 11.6 Å². The van der Waals surface area contributed by atoms with E-state index >= 15 is 0 Å². The molecule has 2 atom stereocenters. The number of nitrogens with zero attached hydrogens (tertiary/aromatic N) is 3. The van der Waals surface area contributed by atoms with Gasteiger partial charge in [0.25, 0.3) is 0 Å². The molecule has 2 aromatic rings. The second kappa shape index (κ2) is 5.14. The van der Waals surface area contributed by atoms with E-state index in [1.165, 1.54) is 19.3 Å². The number of aromatic nitrogens is 3. The van der Waals surface area contributed by atoms with E-state index in [0.717, 1.165) is 23.8 Å². The van der Waals surface area contributed by atoms with E-state index < -0.39 is 0 Å². The zero-order valence-electron chi connectivity index (χ0n) is 10.2. The minimum absolute atomic E-state index is 0.656. The lowest BCUT2D eigenvalue weighted by atomic mass is 9.98. The molecule has 2 aromatic heterocycles. The van der Waals surface area contributed by atoms with Gasteiger partial charge in [0.15, 0.2) is 5.82 Å². The van der Waals surface area contributed by atoms with Gasteiger partial charge in [-0.3, -0.25) is 0 Å². The predicted octanol–water partition coefficient (Wildman–Crippen LogP) is 2.80. The lowest BCUT2D eigenvalue weighted by Gasteiger charge is -2.18. The summed E-state index contributed by atoms with van der Waals surface area (Å²) in [5.74, 6) is 3.02. The topological polar surface area (TPSA) is 42.2 Å². The lowest BCUT2D eigenvalue weighted by Crippen LogP contribution is -2.20. The van der Waals surface area contributed by atoms with Gasteiger partial charge in [0, 0.05) is 24.8 Å². The van der Waals surface area contributed by atoms with Crippen molar-refractivity contribution in [2.24, 2.45) is 11.8 Å². The van der Waals surface area contributed by atoms with Gasteiger partial charge >= 0.3 is 0 Å². The Balaban J connectivity index is 1.71. The number of hydrogen-bond donors (Lipinski definition) is 1. The van der Waals surface area contributed by atoms with Crippen LogP contribution in [0.1, 0.15) is 19.3 Å². The van der Waals surface area contributed by atoms with E-state index in [4.69, 9.17) is 11.6 Å². The highest BCUT2D eigenvalue weighted by Crippen LogP contribution is 2.32. The van der Waals surface area contributed by atoms with Crippen molar-refractivity contribution in [3.8, 4) is 0 Å². The first-order valence-corrected chi connectivity index (χ1v) is 7.00. The number of nitrogens with one attached hydrogen (secondary N) is 1. The maximum absolute atomic E-state index is 6.00. The fourth-order valence-corrected chi connectivity index (χ4v) is 3.21. The van der Waals surface area contributed by atoms with Gasteiger partial charge < -0.3 is 5.32 Å². The lowest BCUT2D eigenvalue weighted by molar-refractivity contribution is 0.444. The zero-order valence-corrected chi connectivity index (χ0v) is 11.0. The summed E-state index contributed by atoms with van der Waals surface area (Å²) < 4.78 is 1.84. The van der Waals surface area contributed by atoms with Crippen molar-refractivity contribution in [2.75, 3.05) is 17.7 Å². The Bertz CT molecular complexity index is 524. The van der Waals surface area contributed by atoms with Crippen LogP contribution in [-0.2, 0) is 0 Å². The van der Waals surface area contributed by atoms with Gasteiger partial charge in [0.1, 0.15) is 5.52 Å². The first kappa shape index (κ1) is 11.8. The molecule has 0 bridgehead atoms. The van der Waals surface area contributed by atoms with Crippen LogP contribution in [-0.4, -0.2) is 27.0 Å². The molecule has 96 valence electrons. The van der Waals surface area contributed by atoms with Crippen LogP contribution in [0, 0.1) is 11.8 Å². The first-order valence-electron chi connectivity index (χ1n) is 6.46. The fourth-order valence-electron chi connectivity index (χ4n) is 2.81. The maximum atomic E-state index is 6.00. The molecule has 3 rings (SSSR count). The Kier molecular flexibility index (Phi) is 3.37. The molecule has 0 amide bonds. The highest BCUT2D eigenvalue weighted by molar-refractivity contribution is 6.18. The third-order valence-corrected chi connectivity index (χ3v) is 4.27. The Morgan fingerprint density at radius 2 is 2.22 bits per heavy atom. The molecule has 18 heavy (non-hydrogen) atoms. The van der Waals surface area contributed by atoms with Crippen molar-refractivity contribution < 1.29 is 0 Å². The van der Waals surface area contributed by atoms with Crippen molar-refractivity contribution in [3.63, 3.8) is 0 Å². The minimum Gasteiger partial charge on any atom is -0.368 e. The Morgan fingerprint density at radius 1 is 1.33 bits per heavy atom. The molecule has 2 heterocycles. The number of halogens is 1. The van der Waals surface area contributed by atoms with Crippen LogP contribution in [0.25, 0.3) is 5.52 Å². The van der Waals surface area contributed by atoms with E-state index in [0.29, 0.717) is 11.8 Å². The monoisotopic (exact) mass is 264 g/mol. The fraction of sp³-hybridized carbons (Fsp3) is 0.538. The van der Waals surface area contributed by atoms with Gasteiger partial charge in [-0.25, -0.2) is 9.50 Å². The zero-order chi connectivity index (χ0) is 12.4. The SMILES string of the molecule is ClCC1CCCC1CNc1nccn2nccc12. The molecule has 1 N–H and O–H groups in total. The quantitative estimate of drug-likeness (QED) is 0.864. The minimum atomic E-state index is 0.656. The summed E-state index contributed by atoms with van der Waals surface area (Å²) in [6, 6.07) is 1.98. The van der Waals surface area contributed by atoms with Crippen molar-refractivity contribution >= 4 is 22.9 Å². The van der Waals surface area contributed by atoms with Crippen molar-refractivity contribution in [2.45, 2.75) is 19.3 Å². The third-order valence-electron chi connectivity index (χ3n) is 3.87. The summed E-state index contributed by atoms with van der Waals surface area (Å²) in [4.78, 5) is 4.39. The Labute approximate surface area is 111 Å². The van der Waals surface area contributed by atoms with Crippen molar-refractivity contribution in [1.29, 1.82) is 0 Å². The normalized spacial score (nSPS) is 23.6. The molecule has 0 saturated heterocycles. The van der Waals surface area contributed by atoms with E-state index in [1.54, 1.807) is 12.4 Å². The molecule has 0 spiro atoms. The largest absolute Gasteiger partial charge is 0.368 e. The summed E-state index contributed by atoms with van der Waals surface area (Å²) >= 11 is 6.00. The summed E-state index contributed by atoms with van der Waals surface area (Å²) in [7, 11) is 0. The highest BCUT2D eigenvalue weighted by Gasteiger charge is 2.26. The number of hydrogen-bond acceptors (Lipinski definition) is 3. The van der Waals surface area contributed by atoms with Crippen molar-refractivity contribution in [1.82, 2.24) is 14.6 Å². The molecule has 1 fully saturated rings. The number of fused-ring (bicyclic) bond motifs is 1. The molecule has 2 unspecified atom stereocenters. The average molecular weight is 265 g/mol. The van der Waals surface area contributed by atoms with E-state index in [1.807, 2.05) is 16.8 Å². The molecule has 5 heteroatoms. The number of alkyl halides is 1. The van der Waals surface area contributed by atoms with E-state index in [9.17, 15) is 0 Å². The van der Waals surface area contributed by atoms with Crippen LogP contribution < -0.4 is 5.32 Å². The smallest absolute Gasteiger partial charge is 0.152 e. The second-order valence-electron chi connectivity index (χ2n) is 4.92. The van der Waals surface area contributed by atoms with Crippen LogP contribution in [0.5, 0.6) is 0 Å². The van der Waals surface area contributed by atoms with Crippen LogP contribution in [0.3, 0.4) is 0 Å². The molecule has 1 saturated carbocycles. The number of anilines is 1. The van der Waals surface area contributed by atoms with Crippen LogP contribution in [0.4, 0.5) is 5.82 Å². The van der Waals surface area contributed by atoms with Gasteiger partial charge in [0.05, 0.1) is 6.20 Å². The molecule has 0 aromatic carbocycles. The summed E-state index contributed by atoms with van der Waals surface area (Å²) in [6.07, 6.45) is 9.26. The van der Waals surface area contributed by atoms with Crippen LogP contribution in [0.2, 0.25) is 0 Å². The molecular weight excluding hydrogens is 248 g/mol. The summed E-state index contributed by atoms with van der Waals surface area (Å²) in [5, 5.41) is 7.66. The third kappa shape index (κ3) is 2.17. The van der Waals surface area contributed by atoms with Gasteiger partial charge in [0.2, 0.25) is 0 Å². The number of rotatable bonds is 4. The molecule has 0 radical (unpaired) electrons. The van der Waals surface area contributed by atoms with Gasteiger partial charge in [-0.05, 0) is 30.7 Å². The van der Waals surface area contributed by atoms with Crippen LogP contribution in [0.15, 0.2) is 24.7 Å². The molecular formula is C13H17ClN4. The second-order valence-corrected chi connectivity index (χ2v) is 5.23. The molecule has 0 aliphatic heterocycles. The summed E-state index contributed by atoms with van der Waals surface area (Å²) in [5.41, 5.74) is 1.03. The predicted molar refractivity (Wildman–Crippen MR) is 73.0 cm³/mol. The van der Waals surface area contributed by atoms with E-state index in [-0.39, 0.29) is 0 Å². The maximum Gasteiger partial charge on any atom is 0.152 e. The highest BCUT2D eigenvalue weighted by atomic mass is 35.5. The standard InChI is InChI=1S/C13H17ClN4/c14-8-10-2-1-3-11(10)9-16-13-12-4-5-17-18(12)7-6-15-13/h4-7,10-11H,1-3,8-9H2,(H,15,16). The summed E-state index contributed by atoms with van der Waals surface area (Å²) in [6.45, 7) is 0.954. The van der Waals surface area contributed by atoms with Gasteiger partial charge in [-0.15, -0.1) is 11.6 Å². The Morgan fingerprint density at radius 3 is 3.11 bits per heavy atom. The molecule has 4 nitrogen and oxygen atoms in total.